The molecule has 1 N–H and O–H groups in total. The Morgan fingerprint density at radius 3 is 2.93 bits per heavy atom. The first-order chi connectivity index (χ1) is 6.83. The second-order valence-electron chi connectivity index (χ2n) is 3.13. The molecule has 1 aliphatic rings. The van der Waals surface area contributed by atoms with Gasteiger partial charge in [0.25, 0.3) is 0 Å². The minimum Gasteiger partial charge on any atom is -0.388 e. The first kappa shape index (κ1) is 8.81. The van der Waals surface area contributed by atoms with Gasteiger partial charge in [0, 0.05) is 4.91 Å². The van der Waals surface area contributed by atoms with Crippen LogP contribution in [-0.2, 0) is 0 Å². The van der Waals surface area contributed by atoms with Crippen LogP contribution in [-0.4, -0.2) is 11.1 Å². The van der Waals surface area contributed by atoms with Crippen LogP contribution in [0.1, 0.15) is 17.2 Å². The fourth-order valence-corrected chi connectivity index (χ4v) is 1.58. The molecular weight excluding hydrogens is 178 g/mol. The van der Waals surface area contributed by atoms with Crippen LogP contribution in [0.5, 0.6) is 0 Å². The van der Waals surface area contributed by atoms with Crippen molar-refractivity contribution in [3.05, 3.63) is 51.9 Å². The van der Waals surface area contributed by atoms with Gasteiger partial charge in [-0.25, -0.2) is 0 Å². The molecule has 0 aliphatic heterocycles. The van der Waals surface area contributed by atoms with Gasteiger partial charge in [0.1, 0.15) is 0 Å². The van der Waals surface area contributed by atoms with Crippen molar-refractivity contribution in [2.45, 2.75) is 12.1 Å². The average Bonchev–Trinajstić information content (AvgIpc) is 2.23. The number of azide groups is 1. The van der Waals surface area contributed by atoms with E-state index < -0.39 is 12.1 Å². The summed E-state index contributed by atoms with van der Waals surface area (Å²) in [5.74, 6) is 0. The predicted molar refractivity (Wildman–Crippen MR) is 53.4 cm³/mol. The van der Waals surface area contributed by atoms with Crippen LogP contribution in [0.3, 0.4) is 0 Å². The minimum atomic E-state index is -0.730. The molecule has 0 saturated heterocycles. The molecular formula is C10H9N3O. The van der Waals surface area contributed by atoms with Gasteiger partial charge in [0.15, 0.2) is 0 Å². The van der Waals surface area contributed by atoms with Crippen LogP contribution in [0.15, 0.2) is 35.5 Å². The lowest BCUT2D eigenvalue weighted by Crippen LogP contribution is -2.17. The van der Waals surface area contributed by atoms with E-state index in [1.165, 1.54) is 0 Å². The van der Waals surface area contributed by atoms with Crippen LogP contribution >= 0.6 is 0 Å². The number of fused-ring (bicyclic) bond motifs is 1. The van der Waals surface area contributed by atoms with E-state index in [9.17, 15) is 5.11 Å². The molecule has 1 aliphatic carbocycles. The number of hydrogen-bond donors (Lipinski definition) is 1. The summed E-state index contributed by atoms with van der Waals surface area (Å²) in [5, 5.41) is 13.3. The highest BCUT2D eigenvalue weighted by atomic mass is 16.3. The summed E-state index contributed by atoms with van der Waals surface area (Å²) < 4.78 is 0. The summed E-state index contributed by atoms with van der Waals surface area (Å²) in [7, 11) is 0. The van der Waals surface area contributed by atoms with Gasteiger partial charge in [-0.2, -0.15) is 0 Å². The Labute approximate surface area is 81.1 Å². The normalized spacial score (nSPS) is 23.8. The van der Waals surface area contributed by atoms with Crippen molar-refractivity contribution in [3.63, 3.8) is 0 Å². The summed E-state index contributed by atoms with van der Waals surface area (Å²) >= 11 is 0. The molecule has 0 spiro atoms. The molecule has 0 aromatic heterocycles. The van der Waals surface area contributed by atoms with Crippen LogP contribution in [0.2, 0.25) is 0 Å². The number of benzene rings is 1. The Bertz CT molecular complexity index is 421. The highest BCUT2D eigenvalue weighted by Gasteiger charge is 2.22. The molecule has 0 bridgehead atoms. The average molecular weight is 187 g/mol. The Kier molecular flexibility index (Phi) is 2.23. The molecule has 4 nitrogen and oxygen atoms in total. The lowest BCUT2D eigenvalue weighted by Gasteiger charge is -2.21. The highest BCUT2D eigenvalue weighted by molar-refractivity contribution is 5.58. The minimum absolute atomic E-state index is 0.491. The standard InChI is InChI=1S/C10H9N3O/c11-13-12-9-6-5-7-3-1-2-4-8(7)10(9)14/h1-6,9-10,14H/t9-,10-/m1/s1. The molecule has 0 radical (unpaired) electrons. The molecule has 0 amide bonds. The largest absolute Gasteiger partial charge is 0.388 e. The van der Waals surface area contributed by atoms with Gasteiger partial charge in [-0.05, 0) is 16.7 Å². The zero-order valence-electron chi connectivity index (χ0n) is 7.41. The Morgan fingerprint density at radius 2 is 2.14 bits per heavy atom. The molecule has 1 aromatic carbocycles. The van der Waals surface area contributed by atoms with E-state index in [0.29, 0.717) is 0 Å². The van der Waals surface area contributed by atoms with Crippen molar-refractivity contribution < 1.29 is 5.11 Å². The third-order valence-corrected chi connectivity index (χ3v) is 2.30. The fraction of sp³-hybridized carbons (Fsp3) is 0.200. The third-order valence-electron chi connectivity index (χ3n) is 2.30. The molecule has 0 saturated carbocycles. The van der Waals surface area contributed by atoms with Gasteiger partial charge < -0.3 is 5.11 Å². The van der Waals surface area contributed by atoms with Crippen LogP contribution in [0.4, 0.5) is 0 Å². The van der Waals surface area contributed by atoms with E-state index in [0.717, 1.165) is 11.1 Å². The van der Waals surface area contributed by atoms with Gasteiger partial charge in [0.05, 0.1) is 12.1 Å². The van der Waals surface area contributed by atoms with Gasteiger partial charge in [0.2, 0.25) is 0 Å². The molecule has 0 heterocycles. The van der Waals surface area contributed by atoms with E-state index in [2.05, 4.69) is 10.0 Å². The zero-order chi connectivity index (χ0) is 9.97. The van der Waals surface area contributed by atoms with Gasteiger partial charge in [-0.15, -0.1) is 0 Å². The van der Waals surface area contributed by atoms with Crippen molar-refractivity contribution in [3.8, 4) is 0 Å². The number of aliphatic hydroxyl groups is 1. The van der Waals surface area contributed by atoms with E-state index in [-0.39, 0.29) is 0 Å². The molecule has 4 heteroatoms. The molecule has 2 rings (SSSR count). The second kappa shape index (κ2) is 3.54. The van der Waals surface area contributed by atoms with Gasteiger partial charge >= 0.3 is 0 Å². The van der Waals surface area contributed by atoms with E-state index in [1.54, 1.807) is 6.08 Å². The summed E-state index contributed by atoms with van der Waals surface area (Å²) in [6.45, 7) is 0. The maximum atomic E-state index is 9.84. The third kappa shape index (κ3) is 1.37. The topological polar surface area (TPSA) is 69.0 Å². The lowest BCUT2D eigenvalue weighted by atomic mass is 9.92. The zero-order valence-corrected chi connectivity index (χ0v) is 7.41. The van der Waals surface area contributed by atoms with Crippen molar-refractivity contribution in [2.24, 2.45) is 5.11 Å². The number of hydrogen-bond acceptors (Lipinski definition) is 2. The van der Waals surface area contributed by atoms with Crippen LogP contribution in [0.25, 0.3) is 16.5 Å². The summed E-state index contributed by atoms with van der Waals surface area (Å²) in [4.78, 5) is 2.70. The van der Waals surface area contributed by atoms with E-state index >= 15 is 0 Å². The quantitative estimate of drug-likeness (QED) is 0.409. The van der Waals surface area contributed by atoms with Crippen molar-refractivity contribution >= 4 is 6.08 Å². The molecule has 1 aromatic rings. The van der Waals surface area contributed by atoms with Crippen molar-refractivity contribution in [2.75, 3.05) is 0 Å². The molecule has 0 unspecified atom stereocenters. The van der Waals surface area contributed by atoms with Crippen molar-refractivity contribution in [1.82, 2.24) is 0 Å². The maximum Gasteiger partial charge on any atom is 0.0915 e. The summed E-state index contributed by atoms with van der Waals surface area (Å²) in [6.07, 6.45) is 2.85. The SMILES string of the molecule is [N-]=[N+]=N[C@@H]1C=Cc2ccccc2[C@H]1O. The molecule has 0 fully saturated rings. The molecule has 14 heavy (non-hydrogen) atoms. The Hall–Kier alpha value is -1.77. The number of rotatable bonds is 1. The predicted octanol–water partition coefficient (Wildman–Crippen LogP) is 2.43. The molecule has 70 valence electrons. The summed E-state index contributed by atoms with van der Waals surface area (Å²) in [6, 6.07) is 7.03. The first-order valence-electron chi connectivity index (χ1n) is 4.32. The smallest absolute Gasteiger partial charge is 0.0915 e. The van der Waals surface area contributed by atoms with Crippen LogP contribution in [0, 0.1) is 0 Å². The lowest BCUT2D eigenvalue weighted by molar-refractivity contribution is 0.162. The van der Waals surface area contributed by atoms with Crippen molar-refractivity contribution in [1.29, 1.82) is 0 Å². The van der Waals surface area contributed by atoms with E-state index in [1.807, 2.05) is 30.3 Å². The first-order valence-corrected chi connectivity index (χ1v) is 4.32. The number of aliphatic hydroxyl groups excluding tert-OH is 1. The maximum absolute atomic E-state index is 9.84. The Morgan fingerprint density at radius 1 is 1.36 bits per heavy atom. The van der Waals surface area contributed by atoms with Crippen LogP contribution < -0.4 is 0 Å². The van der Waals surface area contributed by atoms with E-state index in [4.69, 9.17) is 5.53 Å². The summed E-state index contributed by atoms with van der Waals surface area (Å²) in [5.41, 5.74) is 10.1. The second-order valence-corrected chi connectivity index (χ2v) is 3.13. The molecule has 2 atom stereocenters. The van der Waals surface area contributed by atoms with Gasteiger partial charge in [-0.1, -0.05) is 41.5 Å². The highest BCUT2D eigenvalue weighted by Crippen LogP contribution is 2.29. The van der Waals surface area contributed by atoms with Gasteiger partial charge in [-0.3, -0.25) is 0 Å². The number of nitrogens with zero attached hydrogens (tertiary/aromatic N) is 3. The Balaban J connectivity index is 2.44. The fourth-order valence-electron chi connectivity index (χ4n) is 1.58. The monoisotopic (exact) mass is 187 g/mol.